The zero-order chi connectivity index (χ0) is 15.4. The fourth-order valence-electron chi connectivity index (χ4n) is 2.55. The first-order valence-electron chi connectivity index (χ1n) is 6.87. The molecule has 0 radical (unpaired) electrons. The number of nitrogens with zero attached hydrogens (tertiary/aromatic N) is 2. The predicted octanol–water partition coefficient (Wildman–Crippen LogP) is 4.46. The van der Waals surface area contributed by atoms with Crippen molar-refractivity contribution < 1.29 is 9.25 Å². The van der Waals surface area contributed by atoms with E-state index in [1.165, 1.54) is 12.4 Å². The van der Waals surface area contributed by atoms with Crippen LogP contribution in [-0.2, 0) is 5.41 Å². The van der Waals surface area contributed by atoms with Crippen LogP contribution in [0.3, 0.4) is 0 Å². The molecule has 6 heteroatoms. The van der Waals surface area contributed by atoms with E-state index in [0.717, 1.165) is 24.2 Å². The van der Waals surface area contributed by atoms with Gasteiger partial charge in [-0.1, -0.05) is 49.1 Å². The van der Waals surface area contributed by atoms with Gasteiger partial charge in [-0.25, -0.2) is 0 Å². The summed E-state index contributed by atoms with van der Waals surface area (Å²) in [5.74, 6) is 1.36. The minimum absolute atomic E-state index is 0.150. The highest BCUT2D eigenvalue weighted by Gasteiger charge is 2.38. The number of aromatic nitrogens is 2. The first-order chi connectivity index (χ1) is 9.79. The summed E-state index contributed by atoms with van der Waals surface area (Å²) in [6, 6.07) is 0. The molecule has 0 N–H and O–H groups in total. The molecule has 1 fully saturated rings. The van der Waals surface area contributed by atoms with E-state index >= 15 is 0 Å². The molecule has 4 nitrogen and oxygen atoms in total. The second-order valence-electron chi connectivity index (χ2n) is 6.48. The van der Waals surface area contributed by atoms with Crippen LogP contribution in [0.4, 0.5) is 0 Å². The first kappa shape index (κ1) is 14.7. The monoisotopic (exact) mass is 326 g/mol. The summed E-state index contributed by atoms with van der Waals surface area (Å²) >= 11 is 12.4. The quantitative estimate of drug-likeness (QED) is 0.604. The highest BCUT2D eigenvalue weighted by atomic mass is 35.5. The lowest BCUT2D eigenvalue weighted by Crippen LogP contribution is -2.25. The van der Waals surface area contributed by atoms with Crippen molar-refractivity contribution in [3.8, 4) is 11.3 Å². The fraction of sp³-hybridized carbons (Fsp3) is 0.467. The van der Waals surface area contributed by atoms with Gasteiger partial charge in [0.05, 0.1) is 5.56 Å². The van der Waals surface area contributed by atoms with Crippen LogP contribution in [-0.4, -0.2) is 5.16 Å². The van der Waals surface area contributed by atoms with Crippen LogP contribution in [0.5, 0.6) is 0 Å². The van der Waals surface area contributed by atoms with E-state index in [0.29, 0.717) is 21.9 Å². The summed E-state index contributed by atoms with van der Waals surface area (Å²) < 4.78 is 6.18. The van der Waals surface area contributed by atoms with Crippen LogP contribution in [0.15, 0.2) is 16.9 Å². The lowest BCUT2D eigenvalue weighted by molar-refractivity contribution is -0.605. The van der Waals surface area contributed by atoms with Gasteiger partial charge in [0, 0.05) is 11.5 Å². The number of hydrogen-bond donors (Lipinski definition) is 0. The van der Waals surface area contributed by atoms with Crippen molar-refractivity contribution >= 4 is 23.2 Å². The van der Waals surface area contributed by atoms with E-state index in [1.54, 1.807) is 0 Å². The van der Waals surface area contributed by atoms with Crippen molar-refractivity contribution in [3.05, 3.63) is 39.0 Å². The van der Waals surface area contributed by atoms with Crippen LogP contribution >= 0.6 is 23.2 Å². The molecule has 0 spiro atoms. The normalized spacial score (nSPS) is 15.5. The summed E-state index contributed by atoms with van der Waals surface area (Å²) in [4.78, 5) is 0. The molecule has 0 atom stereocenters. The number of hydrogen-bond acceptors (Lipinski definition) is 3. The number of rotatable bonds is 2. The van der Waals surface area contributed by atoms with Crippen molar-refractivity contribution in [2.75, 3.05) is 0 Å². The highest BCUT2D eigenvalue weighted by molar-refractivity contribution is 6.38. The SMILES string of the molecule is CC(C)(C)c1c(-c2c(Cl)c[n+]([O-])cc2Cl)noc1C1CC1. The van der Waals surface area contributed by atoms with Gasteiger partial charge in [0.15, 0.2) is 12.4 Å². The van der Waals surface area contributed by atoms with E-state index < -0.39 is 0 Å². The second-order valence-corrected chi connectivity index (χ2v) is 7.30. The molecular weight excluding hydrogens is 311 g/mol. The third kappa shape index (κ3) is 2.62. The van der Waals surface area contributed by atoms with Crippen LogP contribution < -0.4 is 4.73 Å². The van der Waals surface area contributed by atoms with Gasteiger partial charge in [-0.2, -0.15) is 4.73 Å². The van der Waals surface area contributed by atoms with Crippen LogP contribution in [0, 0.1) is 5.21 Å². The molecule has 2 heterocycles. The van der Waals surface area contributed by atoms with Gasteiger partial charge in [0.25, 0.3) is 0 Å². The molecule has 1 saturated carbocycles. The largest absolute Gasteiger partial charge is 0.619 e. The Morgan fingerprint density at radius 1 is 1.24 bits per heavy atom. The Balaban J connectivity index is 2.24. The molecular formula is C15H16Cl2N2O2. The van der Waals surface area contributed by atoms with E-state index in [2.05, 4.69) is 25.9 Å². The van der Waals surface area contributed by atoms with Crippen LogP contribution in [0.25, 0.3) is 11.3 Å². The Bertz CT molecular complexity index is 677. The summed E-state index contributed by atoms with van der Waals surface area (Å²) in [6.07, 6.45) is 4.80. The molecule has 0 amide bonds. The minimum Gasteiger partial charge on any atom is -0.619 e. The van der Waals surface area contributed by atoms with Crippen molar-refractivity contribution in [3.63, 3.8) is 0 Å². The average molecular weight is 327 g/mol. The van der Waals surface area contributed by atoms with E-state index in [4.69, 9.17) is 27.7 Å². The Kier molecular flexibility index (Phi) is 3.41. The van der Waals surface area contributed by atoms with Crippen LogP contribution in [0.2, 0.25) is 10.0 Å². The Morgan fingerprint density at radius 3 is 2.29 bits per heavy atom. The third-order valence-electron chi connectivity index (χ3n) is 3.61. The van der Waals surface area contributed by atoms with Crippen molar-refractivity contribution in [2.24, 2.45) is 0 Å². The smallest absolute Gasteiger partial charge is 0.199 e. The molecule has 0 aliphatic heterocycles. The fourth-order valence-corrected chi connectivity index (χ4v) is 3.18. The van der Waals surface area contributed by atoms with Crippen molar-refractivity contribution in [1.82, 2.24) is 5.16 Å². The molecule has 0 unspecified atom stereocenters. The lowest BCUT2D eigenvalue weighted by Gasteiger charge is -2.20. The highest BCUT2D eigenvalue weighted by Crippen LogP contribution is 2.48. The van der Waals surface area contributed by atoms with Gasteiger partial charge < -0.3 is 9.73 Å². The van der Waals surface area contributed by atoms with Gasteiger partial charge in [0.1, 0.15) is 21.5 Å². The molecule has 2 aromatic heterocycles. The summed E-state index contributed by atoms with van der Waals surface area (Å²) in [7, 11) is 0. The van der Waals surface area contributed by atoms with Gasteiger partial charge in [-0.3, -0.25) is 0 Å². The lowest BCUT2D eigenvalue weighted by atomic mass is 9.83. The molecule has 112 valence electrons. The average Bonchev–Trinajstić information content (AvgIpc) is 3.07. The predicted molar refractivity (Wildman–Crippen MR) is 81.6 cm³/mol. The van der Waals surface area contributed by atoms with Gasteiger partial charge in [0.2, 0.25) is 0 Å². The number of pyridine rings is 1. The third-order valence-corrected chi connectivity index (χ3v) is 4.19. The first-order valence-corrected chi connectivity index (χ1v) is 7.63. The summed E-state index contributed by atoms with van der Waals surface area (Å²) in [5.41, 5.74) is 2.08. The standard InChI is InChI=1S/C15H16Cl2N2O2/c1-15(2,3)12-13(18-21-14(12)8-4-5-8)11-9(16)6-19(20)7-10(11)17/h6-8H,4-5H2,1-3H3. The van der Waals surface area contributed by atoms with E-state index in [9.17, 15) is 5.21 Å². The second kappa shape index (κ2) is 4.89. The van der Waals surface area contributed by atoms with Crippen molar-refractivity contribution in [2.45, 2.75) is 44.9 Å². The van der Waals surface area contributed by atoms with Crippen molar-refractivity contribution in [1.29, 1.82) is 0 Å². The molecule has 0 saturated heterocycles. The summed E-state index contributed by atoms with van der Waals surface area (Å²) in [5, 5.41) is 16.2. The Labute approximate surface area is 133 Å². The van der Waals surface area contributed by atoms with Crippen LogP contribution in [0.1, 0.15) is 50.9 Å². The molecule has 2 aromatic rings. The topological polar surface area (TPSA) is 53.0 Å². The Morgan fingerprint density at radius 2 is 1.81 bits per heavy atom. The molecule has 0 aromatic carbocycles. The minimum atomic E-state index is -0.150. The molecule has 21 heavy (non-hydrogen) atoms. The zero-order valence-electron chi connectivity index (χ0n) is 12.1. The zero-order valence-corrected chi connectivity index (χ0v) is 13.6. The summed E-state index contributed by atoms with van der Waals surface area (Å²) in [6.45, 7) is 6.31. The van der Waals surface area contributed by atoms with E-state index in [1.807, 2.05) is 0 Å². The number of halogens is 2. The molecule has 3 rings (SSSR count). The maximum atomic E-state index is 11.4. The maximum absolute atomic E-state index is 11.4. The van der Waals surface area contributed by atoms with E-state index in [-0.39, 0.29) is 15.5 Å². The maximum Gasteiger partial charge on any atom is 0.199 e. The Hall–Kier alpha value is -1.26. The molecule has 1 aliphatic rings. The van der Waals surface area contributed by atoms with Gasteiger partial charge in [-0.05, 0) is 18.3 Å². The molecule has 0 bridgehead atoms. The van der Waals surface area contributed by atoms with Gasteiger partial charge >= 0.3 is 0 Å². The molecule has 1 aliphatic carbocycles. The van der Waals surface area contributed by atoms with Gasteiger partial charge in [-0.15, -0.1) is 0 Å².